The van der Waals surface area contributed by atoms with Crippen LogP contribution in [-0.4, -0.2) is 35.6 Å². The summed E-state index contributed by atoms with van der Waals surface area (Å²) in [6, 6.07) is 7.22. The fraction of sp³-hybridized carbons (Fsp3) is 0. The molecule has 22 heavy (non-hydrogen) atoms. The fourth-order valence-corrected chi connectivity index (χ4v) is 2.90. The topological polar surface area (TPSA) is 134 Å². The Morgan fingerprint density at radius 1 is 1.05 bits per heavy atom. The van der Waals surface area contributed by atoms with Crippen molar-refractivity contribution in [3.05, 3.63) is 53.7 Å². The zero-order chi connectivity index (χ0) is 16.3. The fourth-order valence-electron chi connectivity index (χ4n) is 1.67. The second-order valence-electron chi connectivity index (χ2n) is 4.14. The lowest BCUT2D eigenvalue weighted by molar-refractivity contribution is 0.0678. The highest BCUT2D eigenvalue weighted by Gasteiger charge is 2.24. The smallest absolute Gasteiger partial charge is 0.337 e. The third kappa shape index (κ3) is 3.20. The molecular formula is C13H10N2O6S. The average Bonchev–Trinajstić information content (AvgIpc) is 2.47. The van der Waals surface area contributed by atoms with Crippen LogP contribution in [0.3, 0.4) is 0 Å². The highest BCUT2D eigenvalue weighted by Crippen LogP contribution is 2.21. The van der Waals surface area contributed by atoms with E-state index < -0.39 is 32.4 Å². The lowest BCUT2D eigenvalue weighted by Gasteiger charge is -2.10. The van der Waals surface area contributed by atoms with Gasteiger partial charge in [-0.3, -0.25) is 4.72 Å². The number of hydrogen-bond donors (Lipinski definition) is 3. The van der Waals surface area contributed by atoms with Gasteiger partial charge in [0, 0.05) is 6.20 Å². The van der Waals surface area contributed by atoms with Crippen LogP contribution < -0.4 is 4.72 Å². The Morgan fingerprint density at radius 2 is 1.77 bits per heavy atom. The summed E-state index contributed by atoms with van der Waals surface area (Å²) in [6.45, 7) is 0. The first-order chi connectivity index (χ1) is 10.3. The van der Waals surface area contributed by atoms with Crippen molar-refractivity contribution in [1.82, 2.24) is 4.98 Å². The number of hydrogen-bond acceptors (Lipinski definition) is 5. The molecule has 3 N–H and O–H groups in total. The van der Waals surface area contributed by atoms with Crippen molar-refractivity contribution in [3.63, 3.8) is 0 Å². The van der Waals surface area contributed by atoms with Gasteiger partial charge in [-0.25, -0.2) is 23.0 Å². The second kappa shape index (κ2) is 5.82. The summed E-state index contributed by atoms with van der Waals surface area (Å²) in [6.07, 6.45) is 1.35. The first kappa shape index (κ1) is 15.4. The van der Waals surface area contributed by atoms with Crippen molar-refractivity contribution >= 4 is 27.8 Å². The molecule has 0 radical (unpaired) electrons. The number of aromatic carboxylic acids is 2. The molecule has 8 nitrogen and oxygen atoms in total. The predicted molar refractivity (Wildman–Crippen MR) is 75.4 cm³/mol. The van der Waals surface area contributed by atoms with Gasteiger partial charge in [0.2, 0.25) is 0 Å². The van der Waals surface area contributed by atoms with E-state index in [0.29, 0.717) is 0 Å². The number of anilines is 1. The number of nitrogens with one attached hydrogen (secondary N) is 1. The molecule has 0 amide bonds. The standard InChI is InChI=1S/C13H10N2O6S/c16-12(17)8-4-5-9(13(18)19)10(7-8)22(20,21)15-11-3-1-2-6-14-11/h1-7H,(H,14,15)(H,16,17)(H,18,19). The van der Waals surface area contributed by atoms with Gasteiger partial charge in [-0.15, -0.1) is 0 Å². The highest BCUT2D eigenvalue weighted by molar-refractivity contribution is 7.92. The zero-order valence-corrected chi connectivity index (χ0v) is 11.7. The minimum Gasteiger partial charge on any atom is -0.478 e. The maximum Gasteiger partial charge on any atom is 0.337 e. The molecular weight excluding hydrogens is 312 g/mol. The minimum absolute atomic E-state index is 0.0143. The van der Waals surface area contributed by atoms with Crippen molar-refractivity contribution < 1.29 is 28.2 Å². The molecule has 2 aromatic rings. The van der Waals surface area contributed by atoms with E-state index in [-0.39, 0.29) is 11.4 Å². The van der Waals surface area contributed by atoms with Gasteiger partial charge in [0.25, 0.3) is 10.0 Å². The molecule has 0 aliphatic rings. The largest absolute Gasteiger partial charge is 0.478 e. The van der Waals surface area contributed by atoms with E-state index in [9.17, 15) is 18.0 Å². The Kier molecular flexibility index (Phi) is 4.08. The number of carboxylic acid groups (broad SMARTS) is 2. The Bertz CT molecular complexity index is 833. The normalized spacial score (nSPS) is 10.9. The molecule has 0 saturated carbocycles. The van der Waals surface area contributed by atoms with E-state index >= 15 is 0 Å². The molecule has 0 atom stereocenters. The molecule has 0 aliphatic carbocycles. The average molecular weight is 322 g/mol. The highest BCUT2D eigenvalue weighted by atomic mass is 32.2. The monoisotopic (exact) mass is 322 g/mol. The van der Waals surface area contributed by atoms with Gasteiger partial charge in [0.05, 0.1) is 11.1 Å². The molecule has 0 aliphatic heterocycles. The molecule has 1 heterocycles. The number of sulfonamides is 1. The summed E-state index contributed by atoms with van der Waals surface area (Å²) < 4.78 is 26.7. The quantitative estimate of drug-likeness (QED) is 0.754. The SMILES string of the molecule is O=C(O)c1ccc(C(=O)O)c(S(=O)(=O)Nc2ccccn2)c1. The predicted octanol–water partition coefficient (Wildman–Crippen LogP) is 1.28. The molecule has 2 rings (SSSR count). The summed E-state index contributed by atoms with van der Waals surface area (Å²) in [4.78, 5) is 25.2. The number of aromatic nitrogens is 1. The van der Waals surface area contributed by atoms with Crippen LogP contribution in [0.25, 0.3) is 0 Å². The maximum absolute atomic E-state index is 12.3. The van der Waals surface area contributed by atoms with E-state index in [2.05, 4.69) is 9.71 Å². The van der Waals surface area contributed by atoms with Crippen LogP contribution >= 0.6 is 0 Å². The lowest BCUT2D eigenvalue weighted by atomic mass is 10.1. The number of carboxylic acids is 2. The molecule has 1 aromatic carbocycles. The van der Waals surface area contributed by atoms with Gasteiger partial charge in [-0.2, -0.15) is 0 Å². The summed E-state index contributed by atoms with van der Waals surface area (Å²) >= 11 is 0. The van der Waals surface area contributed by atoms with Crippen LogP contribution in [0.15, 0.2) is 47.5 Å². The number of pyridine rings is 1. The number of carbonyl (C=O) groups is 2. The Morgan fingerprint density at radius 3 is 2.32 bits per heavy atom. The van der Waals surface area contributed by atoms with Crippen molar-refractivity contribution in [1.29, 1.82) is 0 Å². The molecule has 114 valence electrons. The summed E-state index contributed by atoms with van der Waals surface area (Å²) in [7, 11) is -4.30. The summed E-state index contributed by atoms with van der Waals surface area (Å²) in [5, 5.41) is 18.0. The van der Waals surface area contributed by atoms with Gasteiger partial charge in [0.15, 0.2) is 0 Å². The van der Waals surface area contributed by atoms with Crippen LogP contribution in [0.2, 0.25) is 0 Å². The van der Waals surface area contributed by atoms with Crippen LogP contribution in [0.1, 0.15) is 20.7 Å². The van der Waals surface area contributed by atoms with Crippen LogP contribution in [0.5, 0.6) is 0 Å². The summed E-state index contributed by atoms with van der Waals surface area (Å²) in [5.41, 5.74) is -0.875. The number of benzene rings is 1. The number of rotatable bonds is 5. The number of nitrogens with zero attached hydrogens (tertiary/aromatic N) is 1. The van der Waals surface area contributed by atoms with Crippen molar-refractivity contribution in [2.75, 3.05) is 4.72 Å². The maximum atomic E-state index is 12.3. The first-order valence-corrected chi connectivity index (χ1v) is 7.34. The third-order valence-electron chi connectivity index (χ3n) is 2.65. The molecule has 0 unspecified atom stereocenters. The van der Waals surface area contributed by atoms with E-state index in [1.807, 2.05) is 0 Å². The van der Waals surface area contributed by atoms with Gasteiger partial charge >= 0.3 is 11.9 Å². The van der Waals surface area contributed by atoms with Crippen LogP contribution in [-0.2, 0) is 10.0 Å². The zero-order valence-electron chi connectivity index (χ0n) is 10.9. The van der Waals surface area contributed by atoms with Crippen molar-refractivity contribution in [3.8, 4) is 0 Å². The first-order valence-electron chi connectivity index (χ1n) is 5.86. The van der Waals surface area contributed by atoms with E-state index in [1.165, 1.54) is 18.3 Å². The van der Waals surface area contributed by atoms with Crippen molar-refractivity contribution in [2.24, 2.45) is 0 Å². The van der Waals surface area contributed by atoms with Gasteiger partial charge in [-0.05, 0) is 30.3 Å². The molecule has 0 spiro atoms. The van der Waals surface area contributed by atoms with Gasteiger partial charge in [-0.1, -0.05) is 6.07 Å². The molecule has 0 saturated heterocycles. The Hall–Kier alpha value is -2.94. The minimum atomic E-state index is -4.30. The van der Waals surface area contributed by atoms with E-state index in [4.69, 9.17) is 10.2 Å². The lowest BCUT2D eigenvalue weighted by Crippen LogP contribution is -2.18. The molecule has 0 fully saturated rings. The van der Waals surface area contributed by atoms with Gasteiger partial charge in [0.1, 0.15) is 10.7 Å². The van der Waals surface area contributed by atoms with Crippen LogP contribution in [0, 0.1) is 0 Å². The molecule has 1 aromatic heterocycles. The third-order valence-corrected chi connectivity index (χ3v) is 4.05. The Balaban J connectivity index is 2.55. The van der Waals surface area contributed by atoms with Gasteiger partial charge < -0.3 is 10.2 Å². The van der Waals surface area contributed by atoms with Crippen LogP contribution in [0.4, 0.5) is 5.82 Å². The molecule has 0 bridgehead atoms. The molecule has 9 heteroatoms. The van der Waals surface area contributed by atoms with E-state index in [0.717, 1.165) is 18.2 Å². The van der Waals surface area contributed by atoms with E-state index in [1.54, 1.807) is 6.07 Å². The van der Waals surface area contributed by atoms with Crippen molar-refractivity contribution in [2.45, 2.75) is 4.90 Å². The Labute approximate surface area is 125 Å². The summed E-state index contributed by atoms with van der Waals surface area (Å²) in [5.74, 6) is -2.87. The second-order valence-corrected chi connectivity index (χ2v) is 5.79.